The Balaban J connectivity index is 1.74. The van der Waals surface area contributed by atoms with Gasteiger partial charge in [-0.2, -0.15) is 0 Å². The number of hydrogen-bond acceptors (Lipinski definition) is 4. The number of ether oxygens (including phenoxy) is 2. The maximum Gasteiger partial charge on any atom is 0.255 e. The normalized spacial score (nSPS) is 13.3. The number of likely N-dealkylation sites (tertiary alicyclic amines) is 1. The van der Waals surface area contributed by atoms with Crippen LogP contribution in [0.5, 0.6) is 11.5 Å². The monoisotopic (exact) mass is 368 g/mol. The third-order valence-electron chi connectivity index (χ3n) is 4.67. The van der Waals surface area contributed by atoms with Crippen LogP contribution in [0.4, 0.5) is 5.69 Å². The van der Waals surface area contributed by atoms with Crippen LogP contribution in [-0.2, 0) is 11.2 Å². The van der Waals surface area contributed by atoms with Crippen molar-refractivity contribution in [3.05, 3.63) is 53.6 Å². The molecule has 1 heterocycles. The number of methoxy groups -OCH3 is 2. The van der Waals surface area contributed by atoms with Crippen molar-refractivity contribution in [3.8, 4) is 11.5 Å². The molecule has 0 bridgehead atoms. The lowest BCUT2D eigenvalue weighted by Gasteiger charge is -2.18. The minimum atomic E-state index is -0.208. The molecule has 0 aromatic heterocycles. The van der Waals surface area contributed by atoms with Gasteiger partial charge in [0, 0.05) is 24.7 Å². The van der Waals surface area contributed by atoms with Gasteiger partial charge in [-0.1, -0.05) is 18.2 Å². The van der Waals surface area contributed by atoms with Gasteiger partial charge in [-0.05, 0) is 31.0 Å². The highest BCUT2D eigenvalue weighted by Gasteiger charge is 2.22. The molecule has 1 N–H and O–H groups in total. The standard InChI is InChI=1S/C21H24N2O4/c1-26-16-10-9-15(19(14-16)27-2)13-20(24)22-18-8-4-3-7-17(18)21(25)23-11-5-6-12-23/h3-4,7-10,14H,5-6,11-13H2,1-2H3,(H,22,24). The Kier molecular flexibility index (Phi) is 5.96. The third kappa shape index (κ3) is 4.39. The summed E-state index contributed by atoms with van der Waals surface area (Å²) in [6.45, 7) is 1.54. The van der Waals surface area contributed by atoms with Crippen LogP contribution in [0.3, 0.4) is 0 Å². The van der Waals surface area contributed by atoms with E-state index in [1.54, 1.807) is 44.6 Å². The Morgan fingerprint density at radius 2 is 1.78 bits per heavy atom. The molecule has 2 aromatic carbocycles. The quantitative estimate of drug-likeness (QED) is 0.851. The van der Waals surface area contributed by atoms with Gasteiger partial charge >= 0.3 is 0 Å². The highest BCUT2D eigenvalue weighted by molar-refractivity contribution is 6.04. The summed E-state index contributed by atoms with van der Waals surface area (Å²) in [6, 6.07) is 12.5. The Morgan fingerprint density at radius 1 is 1.04 bits per heavy atom. The lowest BCUT2D eigenvalue weighted by atomic mass is 10.1. The molecule has 1 aliphatic rings. The molecule has 6 nitrogen and oxygen atoms in total. The van der Waals surface area contributed by atoms with Gasteiger partial charge < -0.3 is 19.7 Å². The minimum Gasteiger partial charge on any atom is -0.497 e. The summed E-state index contributed by atoms with van der Waals surface area (Å²) in [5.74, 6) is 1.01. The van der Waals surface area contributed by atoms with Crippen molar-refractivity contribution < 1.29 is 19.1 Å². The number of benzene rings is 2. The van der Waals surface area contributed by atoms with Gasteiger partial charge in [-0.25, -0.2) is 0 Å². The minimum absolute atomic E-state index is 0.0366. The first-order chi connectivity index (χ1) is 13.1. The average molecular weight is 368 g/mol. The van der Waals surface area contributed by atoms with Crippen LogP contribution in [0.15, 0.2) is 42.5 Å². The molecule has 0 spiro atoms. The molecule has 1 saturated heterocycles. The number of nitrogens with one attached hydrogen (secondary N) is 1. The fourth-order valence-corrected chi connectivity index (χ4v) is 3.23. The average Bonchev–Trinajstić information content (AvgIpc) is 3.23. The molecule has 2 amide bonds. The zero-order valence-electron chi connectivity index (χ0n) is 15.7. The lowest BCUT2D eigenvalue weighted by molar-refractivity contribution is -0.115. The van der Waals surface area contributed by atoms with E-state index in [1.807, 2.05) is 17.0 Å². The van der Waals surface area contributed by atoms with E-state index in [-0.39, 0.29) is 18.2 Å². The van der Waals surface area contributed by atoms with Gasteiger partial charge in [0.05, 0.1) is 31.9 Å². The number of hydrogen-bond donors (Lipinski definition) is 1. The SMILES string of the molecule is COc1ccc(CC(=O)Nc2ccccc2C(=O)N2CCCC2)c(OC)c1. The number of rotatable bonds is 6. The molecular formula is C21H24N2O4. The molecule has 0 aliphatic carbocycles. The van der Waals surface area contributed by atoms with Gasteiger partial charge in [0.2, 0.25) is 5.91 Å². The van der Waals surface area contributed by atoms with Crippen LogP contribution in [-0.4, -0.2) is 44.0 Å². The van der Waals surface area contributed by atoms with Crippen molar-refractivity contribution in [1.29, 1.82) is 0 Å². The Labute approximate surface area is 159 Å². The van der Waals surface area contributed by atoms with Crippen LogP contribution in [0, 0.1) is 0 Å². The second-order valence-corrected chi connectivity index (χ2v) is 6.45. The molecule has 0 radical (unpaired) electrons. The number of carbonyl (C=O) groups is 2. The number of nitrogens with zero attached hydrogens (tertiary/aromatic N) is 1. The molecule has 2 aromatic rings. The van der Waals surface area contributed by atoms with Gasteiger partial charge in [-0.3, -0.25) is 9.59 Å². The molecule has 1 fully saturated rings. The zero-order chi connectivity index (χ0) is 19.2. The van der Waals surface area contributed by atoms with Crippen LogP contribution >= 0.6 is 0 Å². The van der Waals surface area contributed by atoms with Crippen LogP contribution in [0.25, 0.3) is 0 Å². The topological polar surface area (TPSA) is 67.9 Å². The van der Waals surface area contributed by atoms with Crippen molar-refractivity contribution in [2.24, 2.45) is 0 Å². The first-order valence-corrected chi connectivity index (χ1v) is 9.01. The molecular weight excluding hydrogens is 344 g/mol. The molecule has 0 unspecified atom stereocenters. The van der Waals surface area contributed by atoms with E-state index in [0.29, 0.717) is 22.7 Å². The van der Waals surface area contributed by atoms with Crippen LogP contribution in [0.2, 0.25) is 0 Å². The number of anilines is 1. The molecule has 3 rings (SSSR count). The zero-order valence-corrected chi connectivity index (χ0v) is 15.7. The molecule has 142 valence electrons. The maximum atomic E-state index is 12.7. The molecule has 0 atom stereocenters. The summed E-state index contributed by atoms with van der Waals surface area (Å²) in [5, 5.41) is 2.87. The van der Waals surface area contributed by atoms with Crippen LogP contribution in [0.1, 0.15) is 28.8 Å². The number of para-hydroxylation sites is 1. The third-order valence-corrected chi connectivity index (χ3v) is 4.67. The first-order valence-electron chi connectivity index (χ1n) is 9.01. The van der Waals surface area contributed by atoms with Crippen molar-refractivity contribution >= 4 is 17.5 Å². The summed E-state index contributed by atoms with van der Waals surface area (Å²) in [4.78, 5) is 27.1. The summed E-state index contributed by atoms with van der Waals surface area (Å²) >= 11 is 0. The summed E-state index contributed by atoms with van der Waals surface area (Å²) in [6.07, 6.45) is 2.19. The van der Waals surface area contributed by atoms with Gasteiger partial charge in [0.15, 0.2) is 0 Å². The molecule has 0 saturated carbocycles. The molecule has 1 aliphatic heterocycles. The van der Waals surface area contributed by atoms with Crippen molar-refractivity contribution in [3.63, 3.8) is 0 Å². The maximum absolute atomic E-state index is 12.7. The van der Waals surface area contributed by atoms with E-state index in [9.17, 15) is 9.59 Å². The predicted molar refractivity (Wildman–Crippen MR) is 103 cm³/mol. The summed E-state index contributed by atoms with van der Waals surface area (Å²) in [7, 11) is 3.13. The highest BCUT2D eigenvalue weighted by atomic mass is 16.5. The fourth-order valence-electron chi connectivity index (χ4n) is 3.23. The van der Waals surface area contributed by atoms with E-state index < -0.39 is 0 Å². The predicted octanol–water partition coefficient (Wildman–Crippen LogP) is 3.12. The van der Waals surface area contributed by atoms with Crippen molar-refractivity contribution in [2.45, 2.75) is 19.3 Å². The van der Waals surface area contributed by atoms with Crippen molar-refractivity contribution in [2.75, 3.05) is 32.6 Å². The molecule has 6 heteroatoms. The van der Waals surface area contributed by atoms with Gasteiger partial charge in [-0.15, -0.1) is 0 Å². The molecule has 27 heavy (non-hydrogen) atoms. The second kappa shape index (κ2) is 8.58. The fraction of sp³-hybridized carbons (Fsp3) is 0.333. The summed E-state index contributed by atoms with van der Waals surface area (Å²) in [5.41, 5.74) is 1.81. The van der Waals surface area contributed by atoms with Gasteiger partial charge in [0.25, 0.3) is 5.91 Å². The smallest absolute Gasteiger partial charge is 0.255 e. The first kappa shape index (κ1) is 18.8. The number of carbonyl (C=O) groups excluding carboxylic acids is 2. The van der Waals surface area contributed by atoms with E-state index >= 15 is 0 Å². The Morgan fingerprint density at radius 3 is 2.48 bits per heavy atom. The Hall–Kier alpha value is -3.02. The van der Waals surface area contributed by atoms with Gasteiger partial charge in [0.1, 0.15) is 11.5 Å². The second-order valence-electron chi connectivity index (χ2n) is 6.45. The lowest BCUT2D eigenvalue weighted by Crippen LogP contribution is -2.29. The largest absolute Gasteiger partial charge is 0.497 e. The highest BCUT2D eigenvalue weighted by Crippen LogP contribution is 2.26. The van der Waals surface area contributed by atoms with Crippen LogP contribution < -0.4 is 14.8 Å². The Bertz CT molecular complexity index is 829. The van der Waals surface area contributed by atoms with E-state index in [1.165, 1.54) is 0 Å². The van der Waals surface area contributed by atoms with E-state index in [2.05, 4.69) is 5.32 Å². The van der Waals surface area contributed by atoms with E-state index in [0.717, 1.165) is 31.5 Å². The van der Waals surface area contributed by atoms with Crippen molar-refractivity contribution in [1.82, 2.24) is 4.90 Å². The van der Waals surface area contributed by atoms with E-state index in [4.69, 9.17) is 9.47 Å². The number of amides is 2. The summed E-state index contributed by atoms with van der Waals surface area (Å²) < 4.78 is 10.5.